The molecule has 3 nitrogen and oxygen atoms in total. The van der Waals surface area contributed by atoms with E-state index < -0.39 is 5.97 Å². The van der Waals surface area contributed by atoms with Gasteiger partial charge in [0, 0.05) is 5.70 Å². The number of carboxylic acids is 1. The predicted molar refractivity (Wildman–Crippen MR) is 44.3 cm³/mol. The maximum atomic E-state index is 10.1. The van der Waals surface area contributed by atoms with E-state index in [-0.39, 0.29) is 6.54 Å². The van der Waals surface area contributed by atoms with Gasteiger partial charge < -0.3 is 10.4 Å². The van der Waals surface area contributed by atoms with Crippen LogP contribution in [0.15, 0.2) is 11.8 Å². The van der Waals surface area contributed by atoms with E-state index in [1.165, 1.54) is 0 Å². The van der Waals surface area contributed by atoms with Gasteiger partial charge >= 0.3 is 5.97 Å². The minimum Gasteiger partial charge on any atom is -0.480 e. The average Bonchev–Trinajstić information content (AvgIpc) is 1.97. The van der Waals surface area contributed by atoms with Crippen LogP contribution in [0.2, 0.25) is 0 Å². The molecule has 0 aromatic carbocycles. The Morgan fingerprint density at radius 3 is 2.55 bits per heavy atom. The van der Waals surface area contributed by atoms with Crippen LogP contribution in [0.3, 0.4) is 0 Å². The fourth-order valence-electron chi connectivity index (χ4n) is 0.777. The van der Waals surface area contributed by atoms with Crippen LogP contribution in [-0.2, 0) is 4.79 Å². The van der Waals surface area contributed by atoms with Crippen LogP contribution in [0.4, 0.5) is 0 Å². The molecule has 0 aromatic heterocycles. The molecule has 0 aliphatic carbocycles. The van der Waals surface area contributed by atoms with E-state index in [4.69, 9.17) is 5.11 Å². The average molecular weight is 157 g/mol. The second-order valence-electron chi connectivity index (χ2n) is 2.24. The first-order valence-corrected chi connectivity index (χ1v) is 3.85. The summed E-state index contributed by atoms with van der Waals surface area (Å²) >= 11 is 0. The topological polar surface area (TPSA) is 49.3 Å². The normalized spacial score (nSPS) is 11.3. The minimum atomic E-state index is -0.819. The van der Waals surface area contributed by atoms with E-state index in [2.05, 4.69) is 5.32 Å². The van der Waals surface area contributed by atoms with Crippen LogP contribution in [0.25, 0.3) is 0 Å². The summed E-state index contributed by atoms with van der Waals surface area (Å²) in [6, 6.07) is 0. The monoisotopic (exact) mass is 157 g/mol. The molecule has 2 N–H and O–H groups in total. The van der Waals surface area contributed by atoms with E-state index >= 15 is 0 Å². The molecule has 0 atom stereocenters. The van der Waals surface area contributed by atoms with Crippen molar-refractivity contribution in [3.8, 4) is 0 Å². The highest BCUT2D eigenvalue weighted by atomic mass is 16.4. The molecule has 0 amide bonds. The van der Waals surface area contributed by atoms with Gasteiger partial charge in [0.25, 0.3) is 0 Å². The fourth-order valence-corrected chi connectivity index (χ4v) is 0.777. The van der Waals surface area contributed by atoms with Crippen LogP contribution < -0.4 is 5.32 Å². The Labute approximate surface area is 67.1 Å². The van der Waals surface area contributed by atoms with Gasteiger partial charge in [0.15, 0.2) is 0 Å². The summed E-state index contributed by atoms with van der Waals surface area (Å²) in [4.78, 5) is 10.1. The lowest BCUT2D eigenvalue weighted by Gasteiger charge is -2.04. The highest BCUT2D eigenvalue weighted by molar-refractivity contribution is 5.69. The number of hydrogen-bond donors (Lipinski definition) is 2. The van der Waals surface area contributed by atoms with E-state index in [0.29, 0.717) is 0 Å². The maximum Gasteiger partial charge on any atom is 0.322 e. The summed E-state index contributed by atoms with van der Waals surface area (Å²) in [6.45, 7) is 4.04. The third-order valence-electron chi connectivity index (χ3n) is 1.30. The van der Waals surface area contributed by atoms with Crippen molar-refractivity contribution in [2.45, 2.75) is 26.7 Å². The number of rotatable bonds is 5. The molecule has 0 aromatic rings. The van der Waals surface area contributed by atoms with Crippen molar-refractivity contribution >= 4 is 5.97 Å². The van der Waals surface area contributed by atoms with Gasteiger partial charge in [-0.3, -0.25) is 4.79 Å². The summed E-state index contributed by atoms with van der Waals surface area (Å²) in [5.74, 6) is -0.819. The zero-order valence-corrected chi connectivity index (χ0v) is 7.05. The van der Waals surface area contributed by atoms with Crippen molar-refractivity contribution in [1.29, 1.82) is 0 Å². The summed E-state index contributed by atoms with van der Waals surface area (Å²) in [5.41, 5.74) is 1.01. The summed E-state index contributed by atoms with van der Waals surface area (Å²) < 4.78 is 0. The van der Waals surface area contributed by atoms with Crippen molar-refractivity contribution in [1.82, 2.24) is 5.32 Å². The molecule has 3 heteroatoms. The highest BCUT2D eigenvalue weighted by Gasteiger charge is 1.96. The van der Waals surface area contributed by atoms with E-state index in [0.717, 1.165) is 18.5 Å². The third kappa shape index (κ3) is 5.45. The minimum absolute atomic E-state index is 0.0136. The number of aliphatic carboxylic acids is 1. The molecule has 0 saturated heterocycles. The smallest absolute Gasteiger partial charge is 0.322 e. The lowest BCUT2D eigenvalue weighted by atomic mass is 10.3. The predicted octanol–water partition coefficient (Wildman–Crippen LogP) is 1.36. The summed E-state index contributed by atoms with van der Waals surface area (Å²) in [5, 5.41) is 11.2. The first-order valence-electron chi connectivity index (χ1n) is 3.85. The molecule has 0 bridgehead atoms. The molecule has 0 fully saturated rings. The molecule has 0 saturated carbocycles. The Hall–Kier alpha value is -0.990. The van der Waals surface area contributed by atoms with Gasteiger partial charge in [-0.05, 0) is 12.8 Å². The van der Waals surface area contributed by atoms with Crippen molar-refractivity contribution in [3.05, 3.63) is 11.8 Å². The van der Waals surface area contributed by atoms with E-state index in [9.17, 15) is 4.79 Å². The molecule has 0 rings (SSSR count). The van der Waals surface area contributed by atoms with E-state index in [1.54, 1.807) is 0 Å². The zero-order chi connectivity index (χ0) is 8.69. The van der Waals surface area contributed by atoms with Gasteiger partial charge in [0.2, 0.25) is 0 Å². The van der Waals surface area contributed by atoms with Crippen molar-refractivity contribution in [2.24, 2.45) is 0 Å². The van der Waals surface area contributed by atoms with Crippen LogP contribution >= 0.6 is 0 Å². The number of carboxylic acid groups (broad SMARTS) is 1. The van der Waals surface area contributed by atoms with Crippen molar-refractivity contribution < 1.29 is 9.90 Å². The lowest BCUT2D eigenvalue weighted by molar-refractivity contribution is -0.135. The van der Waals surface area contributed by atoms with Gasteiger partial charge in [0.05, 0.1) is 0 Å². The van der Waals surface area contributed by atoms with Gasteiger partial charge in [-0.15, -0.1) is 0 Å². The fraction of sp³-hybridized carbons (Fsp3) is 0.625. The molecule has 0 heterocycles. The molecule has 64 valence electrons. The van der Waals surface area contributed by atoms with Gasteiger partial charge in [-0.2, -0.15) is 0 Å². The standard InChI is InChI=1S/C8H15NO2/c1-3-5-7(4-2)9-6-8(10)11/h5,9H,3-4,6H2,1-2H3,(H,10,11)/b7-5+. The van der Waals surface area contributed by atoms with Crippen LogP contribution in [0.1, 0.15) is 26.7 Å². The van der Waals surface area contributed by atoms with Crippen molar-refractivity contribution in [2.75, 3.05) is 6.54 Å². The summed E-state index contributed by atoms with van der Waals surface area (Å²) in [7, 11) is 0. The first-order chi connectivity index (χ1) is 5.20. The Bertz CT molecular complexity index is 152. The first kappa shape index (κ1) is 10.0. The molecule has 0 unspecified atom stereocenters. The second kappa shape index (κ2) is 5.77. The number of allylic oxidation sites excluding steroid dienone is 2. The Morgan fingerprint density at radius 1 is 1.55 bits per heavy atom. The molecule has 0 radical (unpaired) electrons. The summed E-state index contributed by atoms with van der Waals surface area (Å²) in [6.07, 6.45) is 3.81. The van der Waals surface area contributed by atoms with Gasteiger partial charge in [-0.1, -0.05) is 19.9 Å². The Balaban J connectivity index is 3.69. The molecular weight excluding hydrogens is 142 g/mol. The SMILES string of the molecule is CC/C=C(\CC)NCC(=O)O. The van der Waals surface area contributed by atoms with Crippen molar-refractivity contribution in [3.63, 3.8) is 0 Å². The van der Waals surface area contributed by atoms with Gasteiger partial charge in [-0.25, -0.2) is 0 Å². The van der Waals surface area contributed by atoms with E-state index in [1.807, 2.05) is 19.9 Å². The Morgan fingerprint density at radius 2 is 2.18 bits per heavy atom. The van der Waals surface area contributed by atoms with Crippen LogP contribution in [0, 0.1) is 0 Å². The quantitative estimate of drug-likeness (QED) is 0.633. The van der Waals surface area contributed by atoms with Gasteiger partial charge in [0.1, 0.15) is 6.54 Å². The maximum absolute atomic E-state index is 10.1. The molecule has 0 aliphatic heterocycles. The lowest BCUT2D eigenvalue weighted by Crippen LogP contribution is -2.21. The highest BCUT2D eigenvalue weighted by Crippen LogP contribution is 1.96. The van der Waals surface area contributed by atoms with Crippen LogP contribution in [-0.4, -0.2) is 17.6 Å². The molecule has 0 aliphatic rings. The third-order valence-corrected chi connectivity index (χ3v) is 1.30. The largest absolute Gasteiger partial charge is 0.480 e. The molecule has 0 spiro atoms. The second-order valence-corrected chi connectivity index (χ2v) is 2.24. The number of hydrogen-bond acceptors (Lipinski definition) is 2. The van der Waals surface area contributed by atoms with Crippen LogP contribution in [0.5, 0.6) is 0 Å². The molecular formula is C8H15NO2. The zero-order valence-electron chi connectivity index (χ0n) is 7.05. The number of carbonyl (C=O) groups is 1. The molecule has 11 heavy (non-hydrogen) atoms. The number of nitrogens with one attached hydrogen (secondary N) is 1. The Kier molecular flexibility index (Phi) is 5.25.